The second kappa shape index (κ2) is 9.05. The standard InChI is InChI=1S/C16H27FN2/c1-3-4-5-6-7-8-9-16(19-18)14-11-10-13(2)15(17)12-14/h10-12,16,19H,3-9,18H2,1-2H3. The Bertz CT molecular complexity index is 366. The number of nitrogens with one attached hydrogen (secondary N) is 1. The molecule has 0 heterocycles. The van der Waals surface area contributed by atoms with Crippen molar-refractivity contribution in [2.24, 2.45) is 5.84 Å². The van der Waals surface area contributed by atoms with Crippen molar-refractivity contribution < 1.29 is 4.39 Å². The number of hydrogen-bond acceptors (Lipinski definition) is 2. The van der Waals surface area contributed by atoms with Crippen LogP contribution in [0, 0.1) is 12.7 Å². The molecule has 0 bridgehead atoms. The molecule has 0 aliphatic carbocycles. The maximum Gasteiger partial charge on any atom is 0.126 e. The van der Waals surface area contributed by atoms with E-state index in [1.165, 1.54) is 32.1 Å². The van der Waals surface area contributed by atoms with Crippen molar-refractivity contribution in [3.63, 3.8) is 0 Å². The van der Waals surface area contributed by atoms with Crippen LogP contribution in [-0.4, -0.2) is 0 Å². The van der Waals surface area contributed by atoms with Gasteiger partial charge in [0, 0.05) is 6.04 Å². The minimum atomic E-state index is -0.152. The Balaban J connectivity index is 2.38. The molecule has 0 saturated carbocycles. The van der Waals surface area contributed by atoms with Crippen LogP contribution < -0.4 is 11.3 Å². The van der Waals surface area contributed by atoms with E-state index < -0.39 is 0 Å². The normalized spacial score (nSPS) is 12.6. The van der Waals surface area contributed by atoms with Gasteiger partial charge in [0.1, 0.15) is 5.82 Å². The largest absolute Gasteiger partial charge is 0.271 e. The summed E-state index contributed by atoms with van der Waals surface area (Å²) in [5, 5.41) is 0. The lowest BCUT2D eigenvalue weighted by Crippen LogP contribution is -2.28. The van der Waals surface area contributed by atoms with Gasteiger partial charge in [-0.15, -0.1) is 0 Å². The van der Waals surface area contributed by atoms with Gasteiger partial charge in [0.25, 0.3) is 0 Å². The molecule has 1 aromatic carbocycles. The first kappa shape index (κ1) is 16.1. The van der Waals surface area contributed by atoms with Crippen molar-refractivity contribution in [1.82, 2.24) is 5.43 Å². The zero-order valence-electron chi connectivity index (χ0n) is 12.2. The van der Waals surface area contributed by atoms with Gasteiger partial charge in [-0.2, -0.15) is 0 Å². The Kier molecular flexibility index (Phi) is 7.68. The van der Waals surface area contributed by atoms with Crippen LogP contribution in [0.3, 0.4) is 0 Å². The third-order valence-electron chi connectivity index (χ3n) is 3.65. The predicted octanol–water partition coefficient (Wildman–Crippen LogP) is 4.39. The minimum absolute atomic E-state index is 0.0567. The molecule has 1 unspecified atom stereocenters. The van der Waals surface area contributed by atoms with E-state index >= 15 is 0 Å². The predicted molar refractivity (Wildman–Crippen MR) is 79.2 cm³/mol. The smallest absolute Gasteiger partial charge is 0.126 e. The van der Waals surface area contributed by atoms with Crippen LogP contribution in [0.2, 0.25) is 0 Å². The van der Waals surface area contributed by atoms with Crippen LogP contribution in [0.25, 0.3) is 0 Å². The number of benzene rings is 1. The number of rotatable bonds is 9. The van der Waals surface area contributed by atoms with Gasteiger partial charge in [0.05, 0.1) is 0 Å². The molecule has 19 heavy (non-hydrogen) atoms. The first-order valence-electron chi connectivity index (χ1n) is 7.41. The quantitative estimate of drug-likeness (QED) is 0.395. The highest BCUT2D eigenvalue weighted by atomic mass is 19.1. The van der Waals surface area contributed by atoms with Crippen LogP contribution in [0.1, 0.15) is 69.0 Å². The fraction of sp³-hybridized carbons (Fsp3) is 0.625. The first-order valence-corrected chi connectivity index (χ1v) is 7.41. The zero-order valence-corrected chi connectivity index (χ0v) is 12.2. The van der Waals surface area contributed by atoms with E-state index in [-0.39, 0.29) is 11.9 Å². The number of unbranched alkanes of at least 4 members (excludes halogenated alkanes) is 5. The number of hydrazine groups is 1. The van der Waals surface area contributed by atoms with Gasteiger partial charge in [-0.1, -0.05) is 57.6 Å². The molecular weight excluding hydrogens is 239 g/mol. The third kappa shape index (κ3) is 5.70. The molecule has 1 rings (SSSR count). The third-order valence-corrected chi connectivity index (χ3v) is 3.65. The van der Waals surface area contributed by atoms with Gasteiger partial charge in [0.15, 0.2) is 0 Å². The van der Waals surface area contributed by atoms with E-state index in [9.17, 15) is 4.39 Å². The molecule has 3 heteroatoms. The molecule has 1 atom stereocenters. The van der Waals surface area contributed by atoms with Crippen LogP contribution >= 0.6 is 0 Å². The molecule has 0 amide bonds. The lowest BCUT2D eigenvalue weighted by molar-refractivity contribution is 0.474. The fourth-order valence-corrected chi connectivity index (χ4v) is 2.30. The average Bonchev–Trinajstić information content (AvgIpc) is 2.41. The number of halogens is 1. The summed E-state index contributed by atoms with van der Waals surface area (Å²) in [6, 6.07) is 5.43. The van der Waals surface area contributed by atoms with Crippen molar-refractivity contribution in [3.05, 3.63) is 35.1 Å². The molecular formula is C16H27FN2. The van der Waals surface area contributed by atoms with E-state index in [1.54, 1.807) is 13.0 Å². The molecule has 1 aromatic rings. The second-order valence-electron chi connectivity index (χ2n) is 5.28. The van der Waals surface area contributed by atoms with Gasteiger partial charge < -0.3 is 0 Å². The summed E-state index contributed by atoms with van der Waals surface area (Å²) in [5.41, 5.74) is 4.42. The van der Waals surface area contributed by atoms with E-state index in [0.717, 1.165) is 18.4 Å². The van der Waals surface area contributed by atoms with Crippen LogP contribution in [0.15, 0.2) is 18.2 Å². The van der Waals surface area contributed by atoms with Gasteiger partial charge in [-0.05, 0) is 30.5 Å². The van der Waals surface area contributed by atoms with Crippen molar-refractivity contribution in [2.45, 2.75) is 64.8 Å². The molecule has 0 fully saturated rings. The number of aryl methyl sites for hydroxylation is 1. The molecule has 0 spiro atoms. The summed E-state index contributed by atoms with van der Waals surface area (Å²) >= 11 is 0. The lowest BCUT2D eigenvalue weighted by Gasteiger charge is -2.16. The fourth-order valence-electron chi connectivity index (χ4n) is 2.30. The van der Waals surface area contributed by atoms with Crippen molar-refractivity contribution in [2.75, 3.05) is 0 Å². The summed E-state index contributed by atoms with van der Waals surface area (Å²) in [6.07, 6.45) is 8.52. The second-order valence-corrected chi connectivity index (χ2v) is 5.28. The molecule has 0 aromatic heterocycles. The van der Waals surface area contributed by atoms with Gasteiger partial charge in [-0.3, -0.25) is 11.3 Å². The van der Waals surface area contributed by atoms with Crippen molar-refractivity contribution >= 4 is 0 Å². The zero-order chi connectivity index (χ0) is 14.1. The lowest BCUT2D eigenvalue weighted by atomic mass is 9.99. The highest BCUT2D eigenvalue weighted by Gasteiger charge is 2.10. The summed E-state index contributed by atoms with van der Waals surface area (Å²) in [4.78, 5) is 0. The monoisotopic (exact) mass is 266 g/mol. The summed E-state index contributed by atoms with van der Waals surface area (Å²) in [6.45, 7) is 4.00. The Labute approximate surface area is 116 Å². The van der Waals surface area contributed by atoms with Crippen LogP contribution in [-0.2, 0) is 0 Å². The molecule has 0 aliphatic rings. The van der Waals surface area contributed by atoms with Crippen molar-refractivity contribution in [3.8, 4) is 0 Å². The first-order chi connectivity index (χ1) is 9.19. The molecule has 3 N–H and O–H groups in total. The summed E-state index contributed by atoms with van der Waals surface area (Å²) in [5.74, 6) is 5.43. The van der Waals surface area contributed by atoms with Crippen molar-refractivity contribution in [1.29, 1.82) is 0 Å². The van der Waals surface area contributed by atoms with Crippen LogP contribution in [0.4, 0.5) is 4.39 Å². The molecule has 0 radical (unpaired) electrons. The maximum absolute atomic E-state index is 13.5. The molecule has 2 nitrogen and oxygen atoms in total. The number of hydrogen-bond donors (Lipinski definition) is 2. The Hall–Kier alpha value is -0.930. The SMILES string of the molecule is CCCCCCCCC(NN)c1ccc(C)c(F)c1. The highest BCUT2D eigenvalue weighted by Crippen LogP contribution is 2.21. The molecule has 108 valence electrons. The summed E-state index contributed by atoms with van der Waals surface area (Å²) < 4.78 is 13.5. The number of nitrogens with two attached hydrogens (primary N) is 1. The Morgan fingerprint density at radius 2 is 1.84 bits per heavy atom. The van der Waals surface area contributed by atoms with Crippen LogP contribution in [0.5, 0.6) is 0 Å². The highest BCUT2D eigenvalue weighted by molar-refractivity contribution is 5.25. The maximum atomic E-state index is 13.5. The average molecular weight is 266 g/mol. The Morgan fingerprint density at radius 3 is 2.47 bits per heavy atom. The van der Waals surface area contributed by atoms with Gasteiger partial charge in [0.2, 0.25) is 0 Å². The van der Waals surface area contributed by atoms with Gasteiger partial charge >= 0.3 is 0 Å². The molecule has 0 aliphatic heterocycles. The molecule has 0 saturated heterocycles. The van der Waals surface area contributed by atoms with E-state index in [0.29, 0.717) is 5.56 Å². The topological polar surface area (TPSA) is 38.0 Å². The minimum Gasteiger partial charge on any atom is -0.271 e. The Morgan fingerprint density at radius 1 is 1.16 bits per heavy atom. The van der Waals surface area contributed by atoms with E-state index in [1.807, 2.05) is 12.1 Å². The van der Waals surface area contributed by atoms with E-state index in [4.69, 9.17) is 5.84 Å². The summed E-state index contributed by atoms with van der Waals surface area (Å²) in [7, 11) is 0. The van der Waals surface area contributed by atoms with E-state index in [2.05, 4.69) is 12.3 Å². The van der Waals surface area contributed by atoms with Gasteiger partial charge in [-0.25, -0.2) is 4.39 Å².